The summed E-state index contributed by atoms with van der Waals surface area (Å²) < 4.78 is 0. The maximum atomic E-state index is 5.43. The monoisotopic (exact) mass is 200 g/mol. The second-order valence-corrected chi connectivity index (χ2v) is 5.16. The van der Waals surface area contributed by atoms with Crippen LogP contribution >= 0.6 is 0 Å². The number of hydrogen-bond acceptors (Lipinski definition) is 0. The summed E-state index contributed by atoms with van der Waals surface area (Å²) in [5.41, 5.74) is 1.66. The summed E-state index contributed by atoms with van der Waals surface area (Å²) in [6.07, 6.45) is 7.37. The molecule has 0 aliphatic carbocycles. The molecular weight excluding hydrogens is 180 g/mol. The van der Waals surface area contributed by atoms with E-state index in [0.717, 1.165) is 12.8 Å². The molecule has 0 aromatic heterocycles. The lowest BCUT2D eigenvalue weighted by Crippen LogP contribution is -2.22. The summed E-state index contributed by atoms with van der Waals surface area (Å²) in [5, 5.41) is 0. The quantitative estimate of drug-likeness (QED) is 0.649. The molecule has 1 unspecified atom stereocenters. The fourth-order valence-electron chi connectivity index (χ4n) is 1.73. The SMILES string of the molecule is C#CCC(Cc1ccccc1)C(C)(C)C. The molecule has 0 N–H and O–H groups in total. The Labute approximate surface area is 93.7 Å². The van der Waals surface area contributed by atoms with Crippen LogP contribution < -0.4 is 0 Å². The van der Waals surface area contributed by atoms with Crippen LogP contribution in [-0.4, -0.2) is 0 Å². The molecule has 0 heterocycles. The van der Waals surface area contributed by atoms with Gasteiger partial charge in [0.2, 0.25) is 0 Å². The number of rotatable bonds is 3. The molecule has 1 aromatic carbocycles. The largest absolute Gasteiger partial charge is 0.120 e. The van der Waals surface area contributed by atoms with Crippen molar-refractivity contribution in [2.24, 2.45) is 11.3 Å². The Morgan fingerprint density at radius 1 is 1.20 bits per heavy atom. The van der Waals surface area contributed by atoms with E-state index in [-0.39, 0.29) is 5.41 Å². The molecule has 1 atom stereocenters. The molecule has 0 saturated carbocycles. The molecule has 0 fully saturated rings. The van der Waals surface area contributed by atoms with Crippen molar-refractivity contribution in [3.63, 3.8) is 0 Å². The van der Waals surface area contributed by atoms with Crippen molar-refractivity contribution in [2.75, 3.05) is 0 Å². The van der Waals surface area contributed by atoms with Crippen LogP contribution in [0.5, 0.6) is 0 Å². The van der Waals surface area contributed by atoms with E-state index < -0.39 is 0 Å². The molecule has 0 heteroatoms. The second kappa shape index (κ2) is 5.03. The van der Waals surface area contributed by atoms with Crippen LogP contribution in [0.2, 0.25) is 0 Å². The van der Waals surface area contributed by atoms with E-state index >= 15 is 0 Å². The minimum Gasteiger partial charge on any atom is -0.120 e. The Morgan fingerprint density at radius 3 is 2.27 bits per heavy atom. The van der Waals surface area contributed by atoms with E-state index in [1.807, 2.05) is 0 Å². The average Bonchev–Trinajstić information content (AvgIpc) is 2.17. The molecule has 0 spiro atoms. The van der Waals surface area contributed by atoms with Gasteiger partial charge in [0.1, 0.15) is 0 Å². The summed E-state index contributed by atoms with van der Waals surface area (Å²) >= 11 is 0. The summed E-state index contributed by atoms with van der Waals surface area (Å²) in [7, 11) is 0. The van der Waals surface area contributed by atoms with Crippen molar-refractivity contribution >= 4 is 0 Å². The van der Waals surface area contributed by atoms with Gasteiger partial charge in [-0.2, -0.15) is 0 Å². The van der Waals surface area contributed by atoms with Crippen LogP contribution in [-0.2, 0) is 6.42 Å². The molecule has 1 aromatic rings. The van der Waals surface area contributed by atoms with Crippen LogP contribution in [0, 0.1) is 23.7 Å². The summed E-state index contributed by atoms with van der Waals surface area (Å²) in [6.45, 7) is 6.79. The van der Waals surface area contributed by atoms with Gasteiger partial charge in [-0.05, 0) is 23.3 Å². The highest BCUT2D eigenvalue weighted by Crippen LogP contribution is 2.31. The molecule has 0 aliphatic heterocycles. The van der Waals surface area contributed by atoms with E-state index in [4.69, 9.17) is 6.42 Å². The van der Waals surface area contributed by atoms with Gasteiger partial charge < -0.3 is 0 Å². The third-order valence-electron chi connectivity index (χ3n) is 2.91. The standard InChI is InChI=1S/C15H20/c1-5-9-14(15(2,3)4)12-13-10-7-6-8-11-13/h1,6-8,10-11,14H,9,12H2,2-4H3. The summed E-state index contributed by atoms with van der Waals surface area (Å²) in [5.74, 6) is 3.35. The van der Waals surface area contributed by atoms with Gasteiger partial charge in [-0.15, -0.1) is 12.3 Å². The number of benzene rings is 1. The maximum Gasteiger partial charge on any atom is 0.0123 e. The third kappa shape index (κ3) is 3.80. The third-order valence-corrected chi connectivity index (χ3v) is 2.91. The van der Waals surface area contributed by atoms with E-state index in [1.54, 1.807) is 0 Å². The topological polar surface area (TPSA) is 0 Å². The lowest BCUT2D eigenvalue weighted by Gasteiger charge is -2.29. The zero-order valence-corrected chi connectivity index (χ0v) is 9.96. The molecule has 0 nitrogen and oxygen atoms in total. The van der Waals surface area contributed by atoms with Crippen molar-refractivity contribution < 1.29 is 0 Å². The highest BCUT2D eigenvalue weighted by Gasteiger charge is 2.23. The Bertz CT molecular complexity index is 321. The zero-order valence-electron chi connectivity index (χ0n) is 9.96. The van der Waals surface area contributed by atoms with Gasteiger partial charge in [0.15, 0.2) is 0 Å². The molecule has 15 heavy (non-hydrogen) atoms. The number of hydrogen-bond donors (Lipinski definition) is 0. The van der Waals surface area contributed by atoms with Crippen LogP contribution in [0.25, 0.3) is 0 Å². The van der Waals surface area contributed by atoms with E-state index in [1.165, 1.54) is 5.56 Å². The molecule has 0 amide bonds. The van der Waals surface area contributed by atoms with Gasteiger partial charge in [0.25, 0.3) is 0 Å². The highest BCUT2D eigenvalue weighted by molar-refractivity contribution is 5.16. The molecule has 1 rings (SSSR count). The molecule has 0 saturated heterocycles. The normalized spacial score (nSPS) is 13.2. The fourth-order valence-corrected chi connectivity index (χ4v) is 1.73. The molecule has 0 radical (unpaired) electrons. The minimum absolute atomic E-state index is 0.280. The first-order valence-corrected chi connectivity index (χ1v) is 5.51. The van der Waals surface area contributed by atoms with Crippen LogP contribution in [0.1, 0.15) is 32.8 Å². The first kappa shape index (κ1) is 11.9. The van der Waals surface area contributed by atoms with Gasteiger partial charge in [-0.25, -0.2) is 0 Å². The predicted octanol–water partition coefficient (Wildman–Crippen LogP) is 3.91. The van der Waals surface area contributed by atoms with Crippen molar-refractivity contribution in [1.82, 2.24) is 0 Å². The van der Waals surface area contributed by atoms with Gasteiger partial charge in [0, 0.05) is 6.42 Å². The Hall–Kier alpha value is -1.22. The molecule has 0 bridgehead atoms. The lowest BCUT2D eigenvalue weighted by molar-refractivity contribution is 0.243. The van der Waals surface area contributed by atoms with Crippen LogP contribution in [0.3, 0.4) is 0 Å². The Balaban J connectivity index is 2.73. The average molecular weight is 200 g/mol. The predicted molar refractivity (Wildman–Crippen MR) is 66.5 cm³/mol. The van der Waals surface area contributed by atoms with Crippen LogP contribution in [0.4, 0.5) is 0 Å². The molecular formula is C15H20. The lowest BCUT2D eigenvalue weighted by atomic mass is 9.75. The molecule has 0 aliphatic rings. The highest BCUT2D eigenvalue weighted by atomic mass is 14.3. The smallest absolute Gasteiger partial charge is 0.0123 e. The summed E-state index contributed by atoms with van der Waals surface area (Å²) in [4.78, 5) is 0. The van der Waals surface area contributed by atoms with E-state index in [9.17, 15) is 0 Å². The fraction of sp³-hybridized carbons (Fsp3) is 0.467. The summed E-state index contributed by atoms with van der Waals surface area (Å²) in [6, 6.07) is 10.6. The van der Waals surface area contributed by atoms with E-state index in [2.05, 4.69) is 57.0 Å². The zero-order chi connectivity index (χ0) is 11.3. The van der Waals surface area contributed by atoms with Crippen molar-refractivity contribution in [3.8, 4) is 12.3 Å². The first-order valence-electron chi connectivity index (χ1n) is 5.51. The van der Waals surface area contributed by atoms with Crippen molar-refractivity contribution in [3.05, 3.63) is 35.9 Å². The Kier molecular flexibility index (Phi) is 3.97. The van der Waals surface area contributed by atoms with Gasteiger partial charge in [-0.3, -0.25) is 0 Å². The van der Waals surface area contributed by atoms with E-state index in [0.29, 0.717) is 5.92 Å². The van der Waals surface area contributed by atoms with Crippen LogP contribution in [0.15, 0.2) is 30.3 Å². The van der Waals surface area contributed by atoms with Gasteiger partial charge in [-0.1, -0.05) is 51.1 Å². The molecule has 80 valence electrons. The van der Waals surface area contributed by atoms with Gasteiger partial charge >= 0.3 is 0 Å². The van der Waals surface area contributed by atoms with Gasteiger partial charge in [0.05, 0.1) is 0 Å². The minimum atomic E-state index is 0.280. The first-order chi connectivity index (χ1) is 7.04. The number of terminal acetylenes is 1. The Morgan fingerprint density at radius 2 is 1.80 bits per heavy atom. The van der Waals surface area contributed by atoms with Crippen molar-refractivity contribution in [2.45, 2.75) is 33.6 Å². The maximum absolute atomic E-state index is 5.43. The second-order valence-electron chi connectivity index (χ2n) is 5.16. The van der Waals surface area contributed by atoms with Crippen molar-refractivity contribution in [1.29, 1.82) is 0 Å².